The fourth-order valence-electron chi connectivity index (χ4n) is 4.48. The number of rotatable bonds is 6. The molecule has 0 saturated carbocycles. The van der Waals surface area contributed by atoms with E-state index >= 15 is 0 Å². The topological polar surface area (TPSA) is 96.4 Å². The highest BCUT2D eigenvalue weighted by atomic mass is 32.1. The van der Waals surface area contributed by atoms with Gasteiger partial charge in [0, 0.05) is 45.1 Å². The van der Waals surface area contributed by atoms with Crippen LogP contribution in [0.15, 0.2) is 18.5 Å². The zero-order valence-corrected chi connectivity index (χ0v) is 20.6. The molecule has 10 heteroatoms. The second-order valence-electron chi connectivity index (χ2n) is 8.90. The SMILES string of the molecule is CCc1cnc(N2CCC(CNC(=O)c3cc4nc(C)nc(N5CCOCC5)c4s3)CC2)nc1. The Kier molecular flexibility index (Phi) is 6.87. The van der Waals surface area contributed by atoms with E-state index in [1.807, 2.05) is 25.4 Å². The highest BCUT2D eigenvalue weighted by molar-refractivity contribution is 7.21. The van der Waals surface area contributed by atoms with Crippen molar-refractivity contribution in [2.45, 2.75) is 33.1 Å². The third-order valence-corrected chi connectivity index (χ3v) is 7.67. The third-order valence-electron chi connectivity index (χ3n) is 6.55. The number of hydrogen-bond acceptors (Lipinski definition) is 9. The van der Waals surface area contributed by atoms with Crippen LogP contribution in [-0.4, -0.2) is 71.8 Å². The molecule has 5 heterocycles. The Morgan fingerprint density at radius 2 is 1.85 bits per heavy atom. The molecule has 2 fully saturated rings. The number of carbonyl (C=O) groups is 1. The molecule has 9 nitrogen and oxygen atoms in total. The summed E-state index contributed by atoms with van der Waals surface area (Å²) in [5.74, 6) is 2.86. The monoisotopic (exact) mass is 481 g/mol. The summed E-state index contributed by atoms with van der Waals surface area (Å²) in [6.45, 7) is 9.49. The Labute approximate surface area is 203 Å². The quantitative estimate of drug-likeness (QED) is 0.574. The number of nitrogens with one attached hydrogen (secondary N) is 1. The summed E-state index contributed by atoms with van der Waals surface area (Å²) in [7, 11) is 0. The number of carbonyl (C=O) groups excluding carboxylic acids is 1. The van der Waals surface area contributed by atoms with Crippen LogP contribution in [0.4, 0.5) is 11.8 Å². The highest BCUT2D eigenvalue weighted by Crippen LogP contribution is 2.32. The zero-order chi connectivity index (χ0) is 23.5. The van der Waals surface area contributed by atoms with Crippen molar-refractivity contribution in [1.82, 2.24) is 25.3 Å². The Bertz CT molecular complexity index is 1140. The first-order chi connectivity index (χ1) is 16.6. The van der Waals surface area contributed by atoms with Gasteiger partial charge < -0.3 is 19.9 Å². The van der Waals surface area contributed by atoms with Crippen molar-refractivity contribution in [3.8, 4) is 0 Å². The van der Waals surface area contributed by atoms with E-state index in [0.717, 1.165) is 78.8 Å². The molecule has 5 rings (SSSR count). The van der Waals surface area contributed by atoms with Crippen molar-refractivity contribution in [3.05, 3.63) is 34.7 Å². The van der Waals surface area contributed by atoms with E-state index in [0.29, 0.717) is 30.6 Å². The highest BCUT2D eigenvalue weighted by Gasteiger charge is 2.23. The molecule has 3 aromatic rings. The first-order valence-electron chi connectivity index (χ1n) is 12.1. The summed E-state index contributed by atoms with van der Waals surface area (Å²) >= 11 is 1.48. The van der Waals surface area contributed by atoms with Crippen LogP contribution in [-0.2, 0) is 11.2 Å². The average molecular weight is 482 g/mol. The van der Waals surface area contributed by atoms with Crippen molar-refractivity contribution in [2.75, 3.05) is 55.7 Å². The first kappa shape index (κ1) is 22.9. The van der Waals surface area contributed by atoms with Crippen LogP contribution >= 0.6 is 11.3 Å². The predicted octanol–water partition coefficient (Wildman–Crippen LogP) is 2.84. The van der Waals surface area contributed by atoms with Crippen LogP contribution < -0.4 is 15.1 Å². The predicted molar refractivity (Wildman–Crippen MR) is 134 cm³/mol. The summed E-state index contributed by atoms with van der Waals surface area (Å²) in [6, 6.07) is 1.90. The minimum Gasteiger partial charge on any atom is -0.378 e. The second-order valence-corrected chi connectivity index (χ2v) is 9.96. The maximum absolute atomic E-state index is 13.0. The molecule has 0 atom stereocenters. The Hall–Kier alpha value is -2.85. The van der Waals surface area contributed by atoms with Crippen molar-refractivity contribution in [3.63, 3.8) is 0 Å². The Balaban J connectivity index is 1.19. The molecule has 0 bridgehead atoms. The minimum atomic E-state index is -0.0329. The number of ether oxygens (including phenoxy) is 1. The number of morpholine rings is 1. The molecular formula is C24H31N7O2S. The molecule has 34 heavy (non-hydrogen) atoms. The molecule has 3 aromatic heterocycles. The van der Waals surface area contributed by atoms with E-state index in [9.17, 15) is 4.79 Å². The van der Waals surface area contributed by atoms with Gasteiger partial charge in [-0.3, -0.25) is 4.79 Å². The van der Waals surface area contributed by atoms with E-state index in [1.165, 1.54) is 11.3 Å². The number of thiophene rings is 1. The van der Waals surface area contributed by atoms with Crippen molar-refractivity contribution < 1.29 is 9.53 Å². The Morgan fingerprint density at radius 3 is 2.56 bits per heavy atom. The molecule has 2 saturated heterocycles. The molecule has 2 aliphatic rings. The van der Waals surface area contributed by atoms with Crippen LogP contribution in [0, 0.1) is 12.8 Å². The number of nitrogens with zero attached hydrogens (tertiary/aromatic N) is 6. The number of piperidine rings is 1. The van der Waals surface area contributed by atoms with E-state index in [1.54, 1.807) is 0 Å². The lowest BCUT2D eigenvalue weighted by atomic mass is 9.97. The molecule has 1 amide bonds. The number of fused-ring (bicyclic) bond motifs is 1. The summed E-state index contributed by atoms with van der Waals surface area (Å²) in [5.41, 5.74) is 1.99. The normalized spacial score (nSPS) is 17.4. The van der Waals surface area contributed by atoms with Gasteiger partial charge in [-0.05, 0) is 43.7 Å². The largest absolute Gasteiger partial charge is 0.378 e. The van der Waals surface area contributed by atoms with Crippen molar-refractivity contribution in [1.29, 1.82) is 0 Å². The maximum Gasteiger partial charge on any atom is 0.261 e. The molecule has 2 aliphatic heterocycles. The molecule has 0 aromatic carbocycles. The minimum absolute atomic E-state index is 0.0329. The second kappa shape index (κ2) is 10.2. The molecule has 0 radical (unpaired) electrons. The molecule has 180 valence electrons. The van der Waals surface area contributed by atoms with Gasteiger partial charge in [-0.1, -0.05) is 6.92 Å². The molecule has 0 aliphatic carbocycles. The van der Waals surface area contributed by atoms with Crippen LogP contribution in [0.2, 0.25) is 0 Å². The fraction of sp³-hybridized carbons (Fsp3) is 0.542. The van der Waals surface area contributed by atoms with Crippen molar-refractivity contribution >= 4 is 39.2 Å². The summed E-state index contributed by atoms with van der Waals surface area (Å²) in [5, 5.41) is 3.15. The number of amides is 1. The number of aromatic nitrogens is 4. The lowest BCUT2D eigenvalue weighted by molar-refractivity contribution is 0.0949. The average Bonchev–Trinajstić information content (AvgIpc) is 3.32. The smallest absolute Gasteiger partial charge is 0.261 e. The number of anilines is 2. The number of aryl methyl sites for hydroxylation is 2. The van der Waals surface area contributed by atoms with Gasteiger partial charge in [0.05, 0.1) is 28.3 Å². The molecule has 0 spiro atoms. The van der Waals surface area contributed by atoms with Crippen LogP contribution in [0.25, 0.3) is 10.2 Å². The van der Waals surface area contributed by atoms with Gasteiger partial charge >= 0.3 is 0 Å². The lowest BCUT2D eigenvalue weighted by Gasteiger charge is -2.32. The van der Waals surface area contributed by atoms with Crippen LogP contribution in [0.3, 0.4) is 0 Å². The van der Waals surface area contributed by atoms with Gasteiger partial charge in [-0.25, -0.2) is 19.9 Å². The van der Waals surface area contributed by atoms with Crippen LogP contribution in [0.5, 0.6) is 0 Å². The van der Waals surface area contributed by atoms with E-state index < -0.39 is 0 Å². The first-order valence-corrected chi connectivity index (χ1v) is 12.9. The van der Waals surface area contributed by atoms with Gasteiger partial charge in [-0.2, -0.15) is 0 Å². The van der Waals surface area contributed by atoms with Gasteiger partial charge in [-0.15, -0.1) is 11.3 Å². The standard InChI is InChI=1S/C24H31N7O2S/c1-3-17-13-26-24(27-14-17)31-6-4-18(5-7-31)15-25-23(32)20-12-19-21(34-20)22(29-16(2)28-19)30-8-10-33-11-9-30/h12-14,18H,3-11,15H2,1-2H3,(H,25,32). The molecule has 1 N–H and O–H groups in total. The summed E-state index contributed by atoms with van der Waals surface area (Å²) in [4.78, 5) is 36.4. The zero-order valence-electron chi connectivity index (χ0n) is 19.8. The van der Waals surface area contributed by atoms with Gasteiger partial charge in [0.15, 0.2) is 5.82 Å². The third kappa shape index (κ3) is 4.97. The Morgan fingerprint density at radius 1 is 1.12 bits per heavy atom. The van der Waals surface area contributed by atoms with E-state index in [2.05, 4.69) is 42.0 Å². The van der Waals surface area contributed by atoms with Crippen molar-refractivity contribution in [2.24, 2.45) is 5.92 Å². The van der Waals surface area contributed by atoms with Gasteiger partial charge in [0.1, 0.15) is 5.82 Å². The lowest BCUT2D eigenvalue weighted by Crippen LogP contribution is -2.39. The fourth-order valence-corrected chi connectivity index (χ4v) is 5.51. The maximum atomic E-state index is 13.0. The molecular weight excluding hydrogens is 450 g/mol. The van der Waals surface area contributed by atoms with Gasteiger partial charge in [0.25, 0.3) is 5.91 Å². The van der Waals surface area contributed by atoms with E-state index in [-0.39, 0.29) is 5.91 Å². The van der Waals surface area contributed by atoms with Crippen LogP contribution in [0.1, 0.15) is 40.8 Å². The van der Waals surface area contributed by atoms with E-state index in [4.69, 9.17) is 4.74 Å². The summed E-state index contributed by atoms with van der Waals surface area (Å²) in [6.07, 6.45) is 6.80. The number of hydrogen-bond donors (Lipinski definition) is 1. The van der Waals surface area contributed by atoms with Gasteiger partial charge in [0.2, 0.25) is 5.95 Å². The summed E-state index contributed by atoms with van der Waals surface area (Å²) < 4.78 is 6.45. The molecule has 0 unspecified atom stereocenters.